The lowest BCUT2D eigenvalue weighted by Gasteiger charge is -2.10. The number of aromatic nitrogens is 1. The van der Waals surface area contributed by atoms with E-state index < -0.39 is 0 Å². The van der Waals surface area contributed by atoms with Gasteiger partial charge in [0.25, 0.3) is 5.91 Å². The number of aryl methyl sites for hydroxylation is 2. The van der Waals surface area contributed by atoms with E-state index in [9.17, 15) is 9.59 Å². The predicted octanol–water partition coefficient (Wildman–Crippen LogP) is 2.33. The topological polar surface area (TPSA) is 71.1 Å². The zero-order valence-corrected chi connectivity index (χ0v) is 14.2. The van der Waals surface area contributed by atoms with Crippen LogP contribution in [0.5, 0.6) is 0 Å². The summed E-state index contributed by atoms with van der Waals surface area (Å²) < 4.78 is 0. The first-order chi connectivity index (χ1) is 11.0. The SMILES string of the molecule is CNC(=O)CNC(=O)c1cccnc1Sc1ccc(C)cc1C. The summed E-state index contributed by atoms with van der Waals surface area (Å²) in [5.74, 6) is -0.556. The number of benzene rings is 1. The Morgan fingerprint density at radius 3 is 2.70 bits per heavy atom. The monoisotopic (exact) mass is 329 g/mol. The van der Waals surface area contributed by atoms with Crippen LogP contribution < -0.4 is 10.6 Å². The molecular formula is C17H19N3O2S. The van der Waals surface area contributed by atoms with E-state index in [1.165, 1.54) is 24.4 Å². The second-order valence-corrected chi connectivity index (χ2v) is 6.11. The standard InChI is InChI=1S/C17H19N3O2S/c1-11-6-7-14(12(2)9-11)23-17-13(5-4-8-19-17)16(22)20-10-15(21)18-3/h4-9H,10H2,1-3H3,(H,18,21)(H,20,22). The van der Waals surface area contributed by atoms with Gasteiger partial charge in [0.15, 0.2) is 0 Å². The van der Waals surface area contributed by atoms with E-state index in [-0.39, 0.29) is 18.4 Å². The number of nitrogens with zero attached hydrogens (tertiary/aromatic N) is 1. The minimum Gasteiger partial charge on any atom is -0.358 e. The third-order valence-electron chi connectivity index (χ3n) is 3.24. The van der Waals surface area contributed by atoms with Crippen LogP contribution in [0.25, 0.3) is 0 Å². The van der Waals surface area contributed by atoms with Crippen LogP contribution in [0.1, 0.15) is 21.5 Å². The number of amides is 2. The maximum absolute atomic E-state index is 12.3. The highest BCUT2D eigenvalue weighted by Crippen LogP contribution is 2.31. The first-order valence-electron chi connectivity index (χ1n) is 7.20. The first-order valence-corrected chi connectivity index (χ1v) is 8.02. The number of hydrogen-bond acceptors (Lipinski definition) is 4. The first kappa shape index (κ1) is 17.0. The van der Waals surface area contributed by atoms with Crippen LogP contribution in [0.15, 0.2) is 46.5 Å². The Kier molecular flexibility index (Phi) is 5.76. The van der Waals surface area contributed by atoms with Crippen LogP contribution in [-0.2, 0) is 4.79 Å². The van der Waals surface area contributed by atoms with Crippen LogP contribution in [0.2, 0.25) is 0 Å². The molecule has 6 heteroatoms. The van der Waals surface area contributed by atoms with Gasteiger partial charge in [-0.05, 0) is 37.6 Å². The molecule has 0 aliphatic heterocycles. The van der Waals surface area contributed by atoms with Gasteiger partial charge in [-0.25, -0.2) is 4.98 Å². The Hall–Kier alpha value is -2.34. The van der Waals surface area contributed by atoms with E-state index in [2.05, 4.69) is 21.7 Å². The molecule has 2 amide bonds. The van der Waals surface area contributed by atoms with E-state index >= 15 is 0 Å². The Balaban J connectivity index is 2.20. The van der Waals surface area contributed by atoms with Crippen molar-refractivity contribution in [3.05, 3.63) is 53.2 Å². The summed E-state index contributed by atoms with van der Waals surface area (Å²) in [6.45, 7) is 4.02. The average molecular weight is 329 g/mol. The molecule has 0 radical (unpaired) electrons. The minimum atomic E-state index is -0.311. The largest absolute Gasteiger partial charge is 0.358 e. The quantitative estimate of drug-likeness (QED) is 0.883. The summed E-state index contributed by atoms with van der Waals surface area (Å²) in [6, 6.07) is 9.56. The summed E-state index contributed by atoms with van der Waals surface area (Å²) in [5, 5.41) is 5.68. The minimum absolute atomic E-state index is 0.0576. The Bertz CT molecular complexity index is 732. The lowest BCUT2D eigenvalue weighted by molar-refractivity contribution is -0.119. The lowest BCUT2D eigenvalue weighted by atomic mass is 10.2. The van der Waals surface area contributed by atoms with Crippen LogP contribution in [0.4, 0.5) is 0 Å². The van der Waals surface area contributed by atoms with Crippen molar-refractivity contribution < 1.29 is 9.59 Å². The molecule has 0 unspecified atom stereocenters. The molecule has 0 fully saturated rings. The van der Waals surface area contributed by atoms with Gasteiger partial charge in [-0.1, -0.05) is 29.5 Å². The number of nitrogens with one attached hydrogen (secondary N) is 2. The van der Waals surface area contributed by atoms with Gasteiger partial charge in [0.1, 0.15) is 5.03 Å². The molecule has 1 heterocycles. The van der Waals surface area contributed by atoms with E-state index in [0.717, 1.165) is 10.5 Å². The van der Waals surface area contributed by atoms with Gasteiger partial charge >= 0.3 is 0 Å². The van der Waals surface area contributed by atoms with Crippen LogP contribution in [0.3, 0.4) is 0 Å². The molecule has 0 bridgehead atoms. The molecule has 0 aliphatic carbocycles. The van der Waals surface area contributed by atoms with Crippen molar-refractivity contribution in [3.8, 4) is 0 Å². The van der Waals surface area contributed by atoms with Crippen molar-refractivity contribution in [2.75, 3.05) is 13.6 Å². The summed E-state index contributed by atoms with van der Waals surface area (Å²) in [6.07, 6.45) is 1.65. The molecule has 0 saturated heterocycles. The fourth-order valence-electron chi connectivity index (χ4n) is 2.01. The van der Waals surface area contributed by atoms with E-state index in [1.54, 1.807) is 18.3 Å². The van der Waals surface area contributed by atoms with Gasteiger partial charge in [-0.2, -0.15) is 0 Å². The van der Waals surface area contributed by atoms with Crippen molar-refractivity contribution in [1.82, 2.24) is 15.6 Å². The van der Waals surface area contributed by atoms with Crippen LogP contribution in [0, 0.1) is 13.8 Å². The molecular weight excluding hydrogens is 310 g/mol. The highest BCUT2D eigenvalue weighted by Gasteiger charge is 2.14. The summed E-state index contributed by atoms with van der Waals surface area (Å²) in [5.41, 5.74) is 2.79. The molecule has 120 valence electrons. The number of pyridine rings is 1. The Morgan fingerprint density at radius 2 is 2.00 bits per heavy atom. The van der Waals surface area contributed by atoms with Gasteiger partial charge in [-0.3, -0.25) is 9.59 Å². The van der Waals surface area contributed by atoms with Crippen molar-refractivity contribution in [1.29, 1.82) is 0 Å². The molecule has 0 aliphatic rings. The predicted molar refractivity (Wildman–Crippen MR) is 90.7 cm³/mol. The zero-order chi connectivity index (χ0) is 16.8. The fraction of sp³-hybridized carbons (Fsp3) is 0.235. The summed E-state index contributed by atoms with van der Waals surface area (Å²) in [4.78, 5) is 28.9. The van der Waals surface area contributed by atoms with Crippen molar-refractivity contribution in [2.24, 2.45) is 0 Å². The molecule has 2 rings (SSSR count). The van der Waals surface area contributed by atoms with E-state index in [4.69, 9.17) is 0 Å². The number of carbonyl (C=O) groups is 2. The molecule has 1 aromatic heterocycles. The fourth-order valence-corrected chi connectivity index (χ4v) is 2.96. The number of carbonyl (C=O) groups excluding carboxylic acids is 2. The zero-order valence-electron chi connectivity index (χ0n) is 13.3. The van der Waals surface area contributed by atoms with Gasteiger partial charge in [0, 0.05) is 18.1 Å². The number of hydrogen-bond donors (Lipinski definition) is 2. The van der Waals surface area contributed by atoms with E-state index in [1.807, 2.05) is 26.0 Å². The van der Waals surface area contributed by atoms with Crippen LogP contribution >= 0.6 is 11.8 Å². The molecule has 0 spiro atoms. The van der Waals surface area contributed by atoms with Crippen molar-refractivity contribution >= 4 is 23.6 Å². The molecule has 0 atom stereocenters. The van der Waals surface area contributed by atoms with Gasteiger partial charge in [0.05, 0.1) is 12.1 Å². The average Bonchev–Trinajstić information content (AvgIpc) is 2.55. The normalized spacial score (nSPS) is 10.2. The molecule has 0 saturated carbocycles. The van der Waals surface area contributed by atoms with Crippen molar-refractivity contribution in [2.45, 2.75) is 23.8 Å². The third-order valence-corrected chi connectivity index (χ3v) is 4.44. The highest BCUT2D eigenvalue weighted by atomic mass is 32.2. The molecule has 2 aromatic rings. The van der Waals surface area contributed by atoms with Gasteiger partial charge < -0.3 is 10.6 Å². The molecule has 23 heavy (non-hydrogen) atoms. The molecule has 2 N–H and O–H groups in total. The number of likely N-dealkylation sites (N-methyl/N-ethyl adjacent to an activating group) is 1. The molecule has 1 aromatic carbocycles. The third kappa shape index (κ3) is 4.56. The summed E-state index contributed by atoms with van der Waals surface area (Å²) in [7, 11) is 1.53. The Labute approximate surface area is 139 Å². The smallest absolute Gasteiger partial charge is 0.254 e. The number of rotatable bonds is 5. The second kappa shape index (κ2) is 7.78. The van der Waals surface area contributed by atoms with Gasteiger partial charge in [-0.15, -0.1) is 0 Å². The highest BCUT2D eigenvalue weighted by molar-refractivity contribution is 7.99. The van der Waals surface area contributed by atoms with Crippen molar-refractivity contribution in [3.63, 3.8) is 0 Å². The van der Waals surface area contributed by atoms with Crippen LogP contribution in [-0.4, -0.2) is 30.4 Å². The van der Waals surface area contributed by atoms with Gasteiger partial charge in [0.2, 0.25) is 5.91 Å². The molecule has 5 nitrogen and oxygen atoms in total. The summed E-state index contributed by atoms with van der Waals surface area (Å²) >= 11 is 1.45. The van der Waals surface area contributed by atoms with E-state index in [0.29, 0.717) is 10.6 Å². The lowest BCUT2D eigenvalue weighted by Crippen LogP contribution is -2.35. The second-order valence-electron chi connectivity index (χ2n) is 5.08. The Morgan fingerprint density at radius 1 is 1.22 bits per heavy atom. The maximum atomic E-state index is 12.3. The maximum Gasteiger partial charge on any atom is 0.254 e.